The van der Waals surface area contributed by atoms with E-state index in [0.29, 0.717) is 18.0 Å². The van der Waals surface area contributed by atoms with Gasteiger partial charge in [0.2, 0.25) is 5.91 Å². The minimum atomic E-state index is -1.01. The van der Waals surface area contributed by atoms with E-state index in [9.17, 15) is 14.4 Å². The van der Waals surface area contributed by atoms with Gasteiger partial charge in [0.15, 0.2) is 0 Å². The molecule has 2 aromatic rings. The summed E-state index contributed by atoms with van der Waals surface area (Å²) < 4.78 is 0. The number of aryl methyl sites for hydroxylation is 1. The van der Waals surface area contributed by atoms with E-state index in [2.05, 4.69) is 24.5 Å². The normalized spacial score (nSPS) is 21.8. The fourth-order valence-corrected chi connectivity index (χ4v) is 5.16. The van der Waals surface area contributed by atoms with Crippen LogP contribution in [0.4, 0.5) is 10.5 Å². The summed E-state index contributed by atoms with van der Waals surface area (Å²) in [7, 11) is 0. The second kappa shape index (κ2) is 7.63. The minimum Gasteiger partial charge on any atom is -0.325 e. The van der Waals surface area contributed by atoms with Gasteiger partial charge in [-0.15, -0.1) is 11.3 Å². The highest BCUT2D eigenvalue weighted by molar-refractivity contribution is 7.10. The Morgan fingerprint density at radius 2 is 2.03 bits per heavy atom. The summed E-state index contributed by atoms with van der Waals surface area (Å²) in [5, 5.41) is 7.61. The molecule has 2 heterocycles. The molecular formula is C22H25N3O3S. The maximum absolute atomic E-state index is 13.2. The van der Waals surface area contributed by atoms with Crippen LogP contribution in [0.15, 0.2) is 35.7 Å². The predicted molar refractivity (Wildman–Crippen MR) is 113 cm³/mol. The minimum absolute atomic E-state index is 0.293. The Kier molecular flexibility index (Phi) is 5.17. The van der Waals surface area contributed by atoms with Gasteiger partial charge in [-0.05, 0) is 60.7 Å². The number of benzene rings is 1. The summed E-state index contributed by atoms with van der Waals surface area (Å²) in [6, 6.07) is 9.10. The number of carbonyl (C=O) groups excluding carboxylic acids is 3. The van der Waals surface area contributed by atoms with Gasteiger partial charge in [0.25, 0.3) is 5.91 Å². The molecule has 2 atom stereocenters. The number of hydrogen-bond acceptors (Lipinski definition) is 4. The molecule has 2 N–H and O–H groups in total. The van der Waals surface area contributed by atoms with E-state index in [1.165, 1.54) is 5.56 Å². The molecule has 1 fully saturated rings. The van der Waals surface area contributed by atoms with Crippen LogP contribution >= 0.6 is 11.3 Å². The summed E-state index contributed by atoms with van der Waals surface area (Å²) in [5.74, 6) is -0.258. The van der Waals surface area contributed by atoms with Gasteiger partial charge in [-0.1, -0.05) is 26.0 Å². The largest absolute Gasteiger partial charge is 0.325 e. The lowest BCUT2D eigenvalue weighted by Gasteiger charge is -2.31. The average molecular weight is 412 g/mol. The number of urea groups is 1. The highest BCUT2D eigenvalue weighted by Crippen LogP contribution is 2.42. The van der Waals surface area contributed by atoms with E-state index >= 15 is 0 Å². The number of thiophene rings is 1. The summed E-state index contributed by atoms with van der Waals surface area (Å²) in [6.07, 6.45) is 3.37. The van der Waals surface area contributed by atoms with Gasteiger partial charge >= 0.3 is 6.03 Å². The third-order valence-corrected chi connectivity index (χ3v) is 6.99. The van der Waals surface area contributed by atoms with E-state index < -0.39 is 11.6 Å². The molecule has 0 radical (unpaired) electrons. The second-order valence-electron chi connectivity index (χ2n) is 7.82. The van der Waals surface area contributed by atoms with Crippen molar-refractivity contribution in [3.05, 3.63) is 51.7 Å². The topological polar surface area (TPSA) is 78.5 Å². The summed E-state index contributed by atoms with van der Waals surface area (Å²) >= 11 is 1.61. The Balaban J connectivity index is 1.46. The molecule has 7 heteroatoms. The van der Waals surface area contributed by atoms with Gasteiger partial charge in [-0.25, -0.2) is 4.79 Å². The van der Waals surface area contributed by atoms with Crippen LogP contribution in [0.3, 0.4) is 0 Å². The van der Waals surface area contributed by atoms with Gasteiger partial charge in [-0.3, -0.25) is 14.5 Å². The third kappa shape index (κ3) is 3.44. The van der Waals surface area contributed by atoms with Gasteiger partial charge in [0, 0.05) is 16.1 Å². The molecule has 0 unspecified atom stereocenters. The summed E-state index contributed by atoms with van der Waals surface area (Å²) in [4.78, 5) is 40.4. The molecule has 4 amide bonds. The number of rotatable bonds is 5. The van der Waals surface area contributed by atoms with Crippen molar-refractivity contribution in [3.8, 4) is 0 Å². The number of carbonyl (C=O) groups is 3. The first-order valence-corrected chi connectivity index (χ1v) is 10.9. The SMILES string of the molecule is CC[C@H](C)c1ccc(NC(=O)CN2C(=O)N[C@]3(CCCc4sccc43)C2=O)cc1. The van der Waals surface area contributed by atoms with Gasteiger partial charge in [-0.2, -0.15) is 0 Å². The maximum atomic E-state index is 13.2. The number of fused-ring (bicyclic) bond motifs is 2. The van der Waals surface area contributed by atoms with E-state index in [4.69, 9.17) is 0 Å². The first-order chi connectivity index (χ1) is 13.9. The molecule has 1 aromatic carbocycles. The average Bonchev–Trinajstić information content (AvgIpc) is 3.29. The highest BCUT2D eigenvalue weighted by atomic mass is 32.1. The molecule has 0 saturated carbocycles. The van der Waals surface area contributed by atoms with E-state index in [0.717, 1.165) is 34.6 Å². The molecule has 6 nitrogen and oxygen atoms in total. The van der Waals surface area contributed by atoms with Crippen molar-refractivity contribution in [2.24, 2.45) is 0 Å². The van der Waals surface area contributed by atoms with Crippen LogP contribution < -0.4 is 10.6 Å². The van der Waals surface area contributed by atoms with Crippen molar-refractivity contribution >= 4 is 34.9 Å². The Bertz CT molecular complexity index is 952. The van der Waals surface area contributed by atoms with Crippen molar-refractivity contribution in [2.45, 2.75) is 51.0 Å². The Morgan fingerprint density at radius 1 is 1.28 bits per heavy atom. The third-order valence-electron chi connectivity index (χ3n) is 6.01. The monoisotopic (exact) mass is 411 g/mol. The van der Waals surface area contributed by atoms with E-state index in [1.807, 2.05) is 35.7 Å². The first kappa shape index (κ1) is 19.6. The number of nitrogens with one attached hydrogen (secondary N) is 2. The van der Waals surface area contributed by atoms with E-state index in [-0.39, 0.29) is 18.4 Å². The van der Waals surface area contributed by atoms with E-state index in [1.54, 1.807) is 11.3 Å². The standard InChI is InChI=1S/C22H25N3O3S/c1-3-14(2)15-6-8-16(9-7-15)23-19(26)13-25-20(27)22(24-21(25)28)11-4-5-18-17(22)10-12-29-18/h6-10,12,14H,3-5,11,13H2,1-2H3,(H,23,26)(H,24,28)/t14-,22-/m0/s1. The number of amides is 4. The van der Waals surface area contributed by atoms with Gasteiger partial charge < -0.3 is 10.6 Å². The molecule has 0 bridgehead atoms. The molecular weight excluding hydrogens is 386 g/mol. The van der Waals surface area contributed by atoms with Crippen LogP contribution in [0, 0.1) is 0 Å². The van der Waals surface area contributed by atoms with Crippen LogP contribution in [0.5, 0.6) is 0 Å². The smallest absolute Gasteiger partial charge is 0.325 e. The molecule has 29 heavy (non-hydrogen) atoms. The predicted octanol–water partition coefficient (Wildman–Crippen LogP) is 3.98. The van der Waals surface area contributed by atoms with Gasteiger partial charge in [0.1, 0.15) is 12.1 Å². The fourth-order valence-electron chi connectivity index (χ4n) is 4.16. The van der Waals surface area contributed by atoms with Crippen LogP contribution in [0.25, 0.3) is 0 Å². The van der Waals surface area contributed by atoms with Crippen molar-refractivity contribution < 1.29 is 14.4 Å². The van der Waals surface area contributed by atoms with Crippen molar-refractivity contribution in [3.63, 3.8) is 0 Å². The molecule has 1 saturated heterocycles. The lowest BCUT2D eigenvalue weighted by atomic mass is 9.80. The van der Waals surface area contributed by atoms with Crippen LogP contribution in [0.2, 0.25) is 0 Å². The number of nitrogens with zero attached hydrogens (tertiary/aromatic N) is 1. The summed E-state index contributed by atoms with van der Waals surface area (Å²) in [5.41, 5.74) is 1.74. The second-order valence-corrected chi connectivity index (χ2v) is 8.82. The zero-order valence-electron chi connectivity index (χ0n) is 16.7. The Labute approximate surface area is 174 Å². The fraction of sp³-hybridized carbons (Fsp3) is 0.409. The molecule has 1 spiro atoms. The van der Waals surface area contributed by atoms with Crippen molar-refractivity contribution in [2.75, 3.05) is 11.9 Å². The lowest BCUT2D eigenvalue weighted by Crippen LogP contribution is -2.46. The van der Waals surface area contributed by atoms with Crippen LogP contribution in [-0.4, -0.2) is 29.3 Å². The Hall–Kier alpha value is -2.67. The number of anilines is 1. The molecule has 4 rings (SSSR count). The zero-order valence-corrected chi connectivity index (χ0v) is 17.5. The Morgan fingerprint density at radius 3 is 2.76 bits per heavy atom. The summed E-state index contributed by atoms with van der Waals surface area (Å²) in [6.45, 7) is 4.00. The quantitative estimate of drug-likeness (QED) is 0.731. The van der Waals surface area contributed by atoms with Gasteiger partial charge in [0.05, 0.1) is 0 Å². The lowest BCUT2D eigenvalue weighted by molar-refractivity contribution is -0.134. The highest BCUT2D eigenvalue weighted by Gasteiger charge is 2.54. The molecule has 1 aromatic heterocycles. The van der Waals surface area contributed by atoms with Crippen LogP contribution in [0.1, 0.15) is 55.0 Å². The molecule has 2 aliphatic rings. The zero-order chi connectivity index (χ0) is 20.6. The number of hydrogen-bond donors (Lipinski definition) is 2. The van der Waals surface area contributed by atoms with Crippen molar-refractivity contribution in [1.82, 2.24) is 10.2 Å². The molecule has 152 valence electrons. The number of imide groups is 1. The molecule has 1 aliphatic carbocycles. The first-order valence-electron chi connectivity index (χ1n) is 10.1. The molecule has 1 aliphatic heterocycles. The van der Waals surface area contributed by atoms with Crippen molar-refractivity contribution in [1.29, 1.82) is 0 Å². The van der Waals surface area contributed by atoms with Crippen LogP contribution in [-0.2, 0) is 21.5 Å². The maximum Gasteiger partial charge on any atom is 0.325 e.